The van der Waals surface area contributed by atoms with Gasteiger partial charge in [0.2, 0.25) is 0 Å². The Kier molecular flexibility index (Phi) is 4.64. The van der Waals surface area contributed by atoms with Crippen molar-refractivity contribution in [3.63, 3.8) is 0 Å². The Bertz CT molecular complexity index is 1170. The maximum atomic E-state index is 14.9. The summed E-state index contributed by atoms with van der Waals surface area (Å²) in [7, 11) is 1.67. The summed E-state index contributed by atoms with van der Waals surface area (Å²) in [4.78, 5) is 14.9. The van der Waals surface area contributed by atoms with Gasteiger partial charge in [-0.15, -0.1) is 10.2 Å². The van der Waals surface area contributed by atoms with E-state index in [4.69, 9.17) is 9.47 Å². The van der Waals surface area contributed by atoms with E-state index in [9.17, 15) is 13.6 Å². The molecule has 0 saturated carbocycles. The Labute approximate surface area is 175 Å². The first-order valence-corrected chi connectivity index (χ1v) is 9.63. The molecule has 0 radical (unpaired) electrons. The fourth-order valence-corrected chi connectivity index (χ4v) is 3.76. The number of fused-ring (bicyclic) bond motifs is 2. The third-order valence-corrected chi connectivity index (χ3v) is 5.19. The average molecular weight is 428 g/mol. The Balaban J connectivity index is 1.50. The number of nitrogens with one attached hydrogen (secondary N) is 1. The monoisotopic (exact) mass is 428 g/mol. The Morgan fingerprint density at radius 1 is 1.19 bits per heavy atom. The smallest absolute Gasteiger partial charge is 0.262 e. The van der Waals surface area contributed by atoms with E-state index in [0.717, 1.165) is 0 Å². The van der Waals surface area contributed by atoms with Crippen LogP contribution in [0.3, 0.4) is 0 Å². The molecule has 3 aromatic rings. The van der Waals surface area contributed by atoms with Gasteiger partial charge in [-0.05, 0) is 23.4 Å². The highest BCUT2D eigenvalue weighted by Gasteiger charge is 2.31. The second-order valence-electron chi connectivity index (χ2n) is 7.38. The lowest BCUT2D eigenvalue weighted by molar-refractivity contribution is -0.118. The molecule has 11 heteroatoms. The molecular weight excluding hydrogens is 410 g/mol. The van der Waals surface area contributed by atoms with Crippen molar-refractivity contribution in [1.29, 1.82) is 0 Å². The number of carbonyl (C=O) groups is 1. The number of hydrogen-bond acceptors (Lipinski definition) is 7. The highest BCUT2D eigenvalue weighted by Crippen LogP contribution is 2.38. The first kappa shape index (κ1) is 19.2. The number of hydrogen-bond donors (Lipinski definition) is 1. The van der Waals surface area contributed by atoms with E-state index in [1.54, 1.807) is 19.2 Å². The van der Waals surface area contributed by atoms with Gasteiger partial charge >= 0.3 is 0 Å². The summed E-state index contributed by atoms with van der Waals surface area (Å²) in [6.45, 7) is 0.240. The number of aromatic nitrogens is 4. The molecule has 1 amide bonds. The number of amides is 1. The van der Waals surface area contributed by atoms with Crippen molar-refractivity contribution in [1.82, 2.24) is 20.2 Å². The number of aryl methyl sites for hydroxylation is 1. The van der Waals surface area contributed by atoms with E-state index in [2.05, 4.69) is 20.7 Å². The van der Waals surface area contributed by atoms with E-state index < -0.39 is 11.6 Å². The summed E-state index contributed by atoms with van der Waals surface area (Å²) >= 11 is 0. The molecule has 1 N–H and O–H groups in total. The predicted molar refractivity (Wildman–Crippen MR) is 105 cm³/mol. The van der Waals surface area contributed by atoms with Crippen LogP contribution in [0.2, 0.25) is 0 Å². The lowest BCUT2D eigenvalue weighted by Crippen LogP contribution is -2.44. The lowest BCUT2D eigenvalue weighted by Gasteiger charge is -2.38. The quantitative estimate of drug-likeness (QED) is 0.678. The molecule has 1 unspecified atom stereocenters. The van der Waals surface area contributed by atoms with Crippen LogP contribution in [0, 0.1) is 11.6 Å². The van der Waals surface area contributed by atoms with Gasteiger partial charge in [0.05, 0.1) is 24.5 Å². The number of ether oxygens (including phenoxy) is 2. The van der Waals surface area contributed by atoms with Crippen LogP contribution in [0.15, 0.2) is 30.3 Å². The average Bonchev–Trinajstić information content (AvgIpc) is 3.15. The summed E-state index contributed by atoms with van der Waals surface area (Å²) in [5.74, 6) is -0.0277. The molecule has 5 rings (SSSR count). The van der Waals surface area contributed by atoms with Crippen LogP contribution in [0.5, 0.6) is 11.5 Å². The minimum absolute atomic E-state index is 0.151. The number of carbonyl (C=O) groups excluding carboxylic acids is 1. The van der Waals surface area contributed by atoms with Gasteiger partial charge in [0.1, 0.15) is 29.7 Å². The molecule has 31 heavy (non-hydrogen) atoms. The number of rotatable bonds is 4. The summed E-state index contributed by atoms with van der Waals surface area (Å²) < 4.78 is 39.7. The topological polar surface area (TPSA) is 94.4 Å². The van der Waals surface area contributed by atoms with Crippen LogP contribution in [0.25, 0.3) is 0 Å². The Morgan fingerprint density at radius 3 is 2.87 bits per heavy atom. The van der Waals surface area contributed by atoms with Crippen molar-refractivity contribution < 1.29 is 23.0 Å². The van der Waals surface area contributed by atoms with E-state index in [-0.39, 0.29) is 37.5 Å². The lowest BCUT2D eigenvalue weighted by atomic mass is 10.0. The predicted octanol–water partition coefficient (Wildman–Crippen LogP) is 1.83. The highest BCUT2D eigenvalue weighted by atomic mass is 19.1. The second kappa shape index (κ2) is 7.49. The fraction of sp³-hybridized carbons (Fsp3) is 0.300. The zero-order valence-corrected chi connectivity index (χ0v) is 16.5. The number of nitrogens with zero attached hydrogens (tertiary/aromatic N) is 5. The zero-order valence-electron chi connectivity index (χ0n) is 16.5. The van der Waals surface area contributed by atoms with Crippen LogP contribution in [-0.2, 0) is 24.8 Å². The number of halogens is 2. The third kappa shape index (κ3) is 3.74. The zero-order chi connectivity index (χ0) is 21.5. The molecule has 0 spiro atoms. The molecule has 3 heterocycles. The molecule has 0 bridgehead atoms. The fourth-order valence-electron chi connectivity index (χ4n) is 3.76. The van der Waals surface area contributed by atoms with Crippen LogP contribution in [0.1, 0.15) is 11.4 Å². The van der Waals surface area contributed by atoms with Crippen molar-refractivity contribution >= 4 is 17.3 Å². The van der Waals surface area contributed by atoms with Gasteiger partial charge in [-0.3, -0.25) is 4.79 Å². The molecule has 160 valence electrons. The molecule has 0 aliphatic carbocycles. The van der Waals surface area contributed by atoms with Gasteiger partial charge < -0.3 is 19.7 Å². The largest absolute Gasteiger partial charge is 0.489 e. The summed E-state index contributed by atoms with van der Waals surface area (Å²) in [5.41, 5.74) is 1.38. The maximum Gasteiger partial charge on any atom is 0.262 e. The van der Waals surface area contributed by atoms with E-state index >= 15 is 0 Å². The van der Waals surface area contributed by atoms with Crippen LogP contribution in [-0.4, -0.2) is 45.4 Å². The van der Waals surface area contributed by atoms with Gasteiger partial charge in [0.25, 0.3) is 5.91 Å². The van der Waals surface area contributed by atoms with Crippen LogP contribution in [0.4, 0.5) is 20.2 Å². The molecule has 2 aromatic carbocycles. The molecule has 2 aliphatic heterocycles. The number of tetrazole rings is 1. The normalized spacial score (nSPS) is 17.3. The van der Waals surface area contributed by atoms with Gasteiger partial charge in [0, 0.05) is 30.7 Å². The van der Waals surface area contributed by atoms with Crippen molar-refractivity contribution in [3.05, 3.63) is 53.4 Å². The molecule has 1 atom stereocenters. The van der Waals surface area contributed by atoms with Crippen molar-refractivity contribution in [3.8, 4) is 11.5 Å². The molecule has 0 fully saturated rings. The SMILES string of the molecule is Cn1nnc(CC2COc3cc(F)ccc3N2Cc2cc3c(cc2F)OCC(=O)N3)n1. The first-order chi connectivity index (χ1) is 15.0. The molecule has 9 nitrogen and oxygen atoms in total. The van der Waals surface area contributed by atoms with Gasteiger partial charge in [-0.25, -0.2) is 8.78 Å². The van der Waals surface area contributed by atoms with Crippen LogP contribution < -0.4 is 19.7 Å². The first-order valence-electron chi connectivity index (χ1n) is 9.63. The molecule has 2 aliphatic rings. The standard InChI is InChI=1S/C20H18F2N6O3/c1-27-25-19(24-26-27)6-13-9-30-18-5-12(21)2-3-16(18)28(13)8-11-4-15-17(7-14(11)22)31-10-20(29)23-15/h2-5,7,13H,6,8-10H2,1H3,(H,23,29). The summed E-state index contributed by atoms with van der Waals surface area (Å²) in [6, 6.07) is 6.80. The molecule has 0 saturated heterocycles. The number of benzene rings is 2. The van der Waals surface area contributed by atoms with E-state index in [1.807, 2.05) is 4.90 Å². The molecular formula is C20H18F2N6O3. The minimum Gasteiger partial charge on any atom is -0.489 e. The summed E-state index contributed by atoms with van der Waals surface area (Å²) in [5, 5.41) is 14.8. The Morgan fingerprint density at radius 2 is 2.06 bits per heavy atom. The Hall–Kier alpha value is -3.76. The van der Waals surface area contributed by atoms with E-state index in [1.165, 1.54) is 23.0 Å². The highest BCUT2D eigenvalue weighted by molar-refractivity contribution is 5.95. The maximum absolute atomic E-state index is 14.9. The van der Waals surface area contributed by atoms with Gasteiger partial charge in [-0.2, -0.15) is 4.80 Å². The molecule has 1 aromatic heterocycles. The van der Waals surface area contributed by atoms with Gasteiger partial charge in [0.15, 0.2) is 12.4 Å². The number of anilines is 2. The third-order valence-electron chi connectivity index (χ3n) is 5.19. The van der Waals surface area contributed by atoms with Crippen molar-refractivity contribution in [2.75, 3.05) is 23.4 Å². The van der Waals surface area contributed by atoms with Crippen LogP contribution >= 0.6 is 0 Å². The summed E-state index contributed by atoms with van der Waals surface area (Å²) in [6.07, 6.45) is 0.400. The minimum atomic E-state index is -0.471. The van der Waals surface area contributed by atoms with E-state index in [0.29, 0.717) is 34.9 Å². The van der Waals surface area contributed by atoms with Gasteiger partial charge in [-0.1, -0.05) is 0 Å². The second-order valence-corrected chi connectivity index (χ2v) is 7.38. The van der Waals surface area contributed by atoms with Crippen molar-refractivity contribution in [2.45, 2.75) is 19.0 Å². The van der Waals surface area contributed by atoms with Crippen molar-refractivity contribution in [2.24, 2.45) is 7.05 Å².